The number of benzene rings is 2. The van der Waals surface area contributed by atoms with Crippen molar-refractivity contribution >= 4 is 29.0 Å². The Hall–Kier alpha value is -4.67. The second kappa shape index (κ2) is 10.7. The summed E-state index contributed by atoms with van der Waals surface area (Å²) in [6.07, 6.45) is -1.16. The number of pyridine rings is 2. The molecule has 0 atom stereocenters. The van der Waals surface area contributed by atoms with E-state index < -0.39 is 35.1 Å². The fourth-order valence-electron chi connectivity index (χ4n) is 4.44. The number of halogens is 6. The number of carbonyl (C=O) groups is 1. The first-order valence-electron chi connectivity index (χ1n) is 12.5. The highest BCUT2D eigenvalue weighted by molar-refractivity contribution is 6.05. The Morgan fingerprint density at radius 3 is 2.29 bits per heavy atom. The van der Waals surface area contributed by atoms with Crippen molar-refractivity contribution in [1.29, 1.82) is 0 Å². The summed E-state index contributed by atoms with van der Waals surface area (Å²) in [6, 6.07) is 11.1. The summed E-state index contributed by atoms with van der Waals surface area (Å²) in [4.78, 5) is 21.9. The van der Waals surface area contributed by atoms with Crippen LogP contribution in [0.15, 0.2) is 73.1 Å². The van der Waals surface area contributed by atoms with E-state index in [-0.39, 0.29) is 11.6 Å². The zero-order valence-electron chi connectivity index (χ0n) is 21.5. The fraction of sp³-hybridized carbons (Fsp3) is 0.167. The van der Waals surface area contributed by atoms with Crippen molar-refractivity contribution in [2.45, 2.75) is 32.1 Å². The SMILES string of the molecule is Cc1ccc(C(=O)Nc2cc(C(F)(F)F)cc(C(F)(F)F)c2)cc1Nc1cc(-c2cccnc2)nc2c1C=CCC2. The molecule has 0 radical (unpaired) electrons. The molecule has 2 aromatic carbocycles. The van der Waals surface area contributed by atoms with E-state index in [1.54, 1.807) is 31.5 Å². The van der Waals surface area contributed by atoms with Gasteiger partial charge in [0, 0.05) is 46.1 Å². The van der Waals surface area contributed by atoms with Crippen molar-refractivity contribution < 1.29 is 31.1 Å². The molecule has 1 aliphatic carbocycles. The van der Waals surface area contributed by atoms with Gasteiger partial charge in [-0.25, -0.2) is 0 Å². The minimum absolute atomic E-state index is 0.00712. The number of nitrogens with zero attached hydrogens (tertiary/aromatic N) is 2. The fourth-order valence-corrected chi connectivity index (χ4v) is 4.44. The Bertz CT molecular complexity index is 1610. The number of carbonyl (C=O) groups excluding carboxylic acids is 1. The van der Waals surface area contributed by atoms with Crippen molar-refractivity contribution in [2.24, 2.45) is 0 Å². The highest BCUT2D eigenvalue weighted by Gasteiger charge is 2.37. The molecule has 4 aromatic rings. The molecule has 0 spiro atoms. The molecule has 2 heterocycles. The lowest BCUT2D eigenvalue weighted by molar-refractivity contribution is -0.143. The molecule has 5 rings (SSSR count). The minimum Gasteiger partial charge on any atom is -0.355 e. The Labute approximate surface area is 231 Å². The summed E-state index contributed by atoms with van der Waals surface area (Å²) in [5.74, 6) is -0.867. The number of aryl methyl sites for hydroxylation is 2. The molecule has 0 saturated heterocycles. The van der Waals surface area contributed by atoms with Crippen LogP contribution in [-0.4, -0.2) is 15.9 Å². The van der Waals surface area contributed by atoms with E-state index in [2.05, 4.69) is 15.6 Å². The van der Waals surface area contributed by atoms with Gasteiger partial charge in [0.1, 0.15) is 0 Å². The molecule has 1 amide bonds. The maximum Gasteiger partial charge on any atom is 0.416 e. The predicted molar refractivity (Wildman–Crippen MR) is 144 cm³/mol. The van der Waals surface area contributed by atoms with Gasteiger partial charge in [0.05, 0.1) is 22.5 Å². The monoisotopic (exact) mass is 568 g/mol. The van der Waals surface area contributed by atoms with Gasteiger partial charge in [-0.2, -0.15) is 26.3 Å². The number of amides is 1. The smallest absolute Gasteiger partial charge is 0.355 e. The molecule has 41 heavy (non-hydrogen) atoms. The molecule has 11 heteroatoms. The summed E-state index contributed by atoms with van der Waals surface area (Å²) < 4.78 is 79.5. The van der Waals surface area contributed by atoms with Crippen LogP contribution in [0.2, 0.25) is 0 Å². The summed E-state index contributed by atoms with van der Waals surface area (Å²) >= 11 is 0. The Morgan fingerprint density at radius 2 is 1.63 bits per heavy atom. The maximum absolute atomic E-state index is 13.3. The zero-order valence-corrected chi connectivity index (χ0v) is 21.5. The Morgan fingerprint density at radius 1 is 0.902 bits per heavy atom. The van der Waals surface area contributed by atoms with E-state index in [9.17, 15) is 31.1 Å². The molecule has 0 fully saturated rings. The lowest BCUT2D eigenvalue weighted by Gasteiger charge is -2.19. The van der Waals surface area contributed by atoms with Gasteiger partial charge < -0.3 is 10.6 Å². The maximum atomic E-state index is 13.3. The van der Waals surface area contributed by atoms with Crippen LogP contribution in [0, 0.1) is 6.92 Å². The van der Waals surface area contributed by atoms with Crippen molar-refractivity contribution in [3.63, 3.8) is 0 Å². The number of allylic oxidation sites excluding steroid dienone is 1. The highest BCUT2D eigenvalue weighted by Crippen LogP contribution is 2.38. The summed E-state index contributed by atoms with van der Waals surface area (Å²) in [5, 5.41) is 5.52. The van der Waals surface area contributed by atoms with Gasteiger partial charge in [-0.1, -0.05) is 18.2 Å². The van der Waals surface area contributed by atoms with E-state index in [1.807, 2.05) is 24.3 Å². The van der Waals surface area contributed by atoms with Crippen LogP contribution in [0.5, 0.6) is 0 Å². The molecular formula is C30H22F6N4O. The Kier molecular flexibility index (Phi) is 7.29. The number of anilines is 3. The molecule has 0 aliphatic heterocycles. The first-order valence-corrected chi connectivity index (χ1v) is 12.5. The number of fused-ring (bicyclic) bond motifs is 1. The van der Waals surface area contributed by atoms with Crippen LogP contribution in [0.1, 0.15) is 44.7 Å². The van der Waals surface area contributed by atoms with E-state index in [4.69, 9.17) is 4.98 Å². The van der Waals surface area contributed by atoms with Crippen LogP contribution in [0.25, 0.3) is 17.3 Å². The molecule has 5 nitrogen and oxygen atoms in total. The molecule has 0 unspecified atom stereocenters. The average Bonchev–Trinajstić information content (AvgIpc) is 2.93. The first kappa shape index (κ1) is 27.9. The third kappa shape index (κ3) is 6.24. The van der Waals surface area contributed by atoms with Gasteiger partial charge in [-0.15, -0.1) is 0 Å². The molecule has 1 aliphatic rings. The van der Waals surface area contributed by atoms with Gasteiger partial charge in [0.15, 0.2) is 0 Å². The van der Waals surface area contributed by atoms with Crippen LogP contribution in [-0.2, 0) is 18.8 Å². The van der Waals surface area contributed by atoms with E-state index in [1.165, 1.54) is 12.1 Å². The first-order chi connectivity index (χ1) is 19.4. The minimum atomic E-state index is -5.03. The molecule has 0 saturated carbocycles. The number of rotatable bonds is 5. The third-order valence-corrected chi connectivity index (χ3v) is 6.54. The summed E-state index contributed by atoms with van der Waals surface area (Å²) in [6.45, 7) is 1.80. The average molecular weight is 569 g/mol. The van der Waals surface area contributed by atoms with Gasteiger partial charge in [0.2, 0.25) is 0 Å². The number of hydrogen-bond donors (Lipinski definition) is 2. The summed E-state index contributed by atoms with van der Waals surface area (Å²) in [7, 11) is 0. The van der Waals surface area contributed by atoms with Gasteiger partial charge in [-0.3, -0.25) is 14.8 Å². The van der Waals surface area contributed by atoms with Crippen LogP contribution in [0.3, 0.4) is 0 Å². The van der Waals surface area contributed by atoms with Gasteiger partial charge in [0.25, 0.3) is 5.91 Å². The summed E-state index contributed by atoms with van der Waals surface area (Å²) in [5.41, 5.74) is 1.66. The molecule has 2 N–H and O–H groups in total. The van der Waals surface area contributed by atoms with Crippen molar-refractivity contribution in [1.82, 2.24) is 9.97 Å². The number of alkyl halides is 6. The second-order valence-corrected chi connectivity index (χ2v) is 9.50. The van der Waals surface area contributed by atoms with E-state index in [0.29, 0.717) is 23.5 Å². The van der Waals surface area contributed by atoms with Gasteiger partial charge in [-0.05, 0) is 73.9 Å². The topological polar surface area (TPSA) is 66.9 Å². The third-order valence-electron chi connectivity index (χ3n) is 6.54. The predicted octanol–water partition coefficient (Wildman–Crippen LogP) is 8.44. The van der Waals surface area contributed by atoms with E-state index >= 15 is 0 Å². The standard InChI is InChI=1S/C30H22F6N4O/c1-17-8-9-18(28(41)38-22-13-20(29(31,32)33)12-21(14-22)30(34,35)36)11-25(17)40-27-15-26(19-5-4-10-37-16-19)39-24-7-3-2-6-23(24)27/h2,4-6,8-16H,3,7H2,1H3,(H,38,41)(H,39,40). The lowest BCUT2D eigenvalue weighted by Crippen LogP contribution is -2.16. The molecule has 2 aromatic heterocycles. The van der Waals surface area contributed by atoms with Crippen LogP contribution in [0.4, 0.5) is 43.4 Å². The van der Waals surface area contributed by atoms with Crippen LogP contribution < -0.4 is 10.6 Å². The van der Waals surface area contributed by atoms with Crippen molar-refractivity contribution in [3.8, 4) is 11.3 Å². The molecule has 210 valence electrons. The largest absolute Gasteiger partial charge is 0.416 e. The molecular weight excluding hydrogens is 546 g/mol. The Balaban J connectivity index is 1.47. The lowest BCUT2D eigenvalue weighted by atomic mass is 9.98. The number of aromatic nitrogens is 2. The van der Waals surface area contributed by atoms with Crippen molar-refractivity contribution in [3.05, 3.63) is 107 Å². The number of hydrogen-bond acceptors (Lipinski definition) is 4. The second-order valence-electron chi connectivity index (χ2n) is 9.50. The zero-order chi connectivity index (χ0) is 29.4. The number of nitrogens with one attached hydrogen (secondary N) is 2. The highest BCUT2D eigenvalue weighted by atomic mass is 19.4. The van der Waals surface area contributed by atoms with Crippen LogP contribution >= 0.6 is 0 Å². The van der Waals surface area contributed by atoms with E-state index in [0.717, 1.165) is 40.9 Å². The normalized spacial score (nSPS) is 13.0. The molecule has 0 bridgehead atoms. The van der Waals surface area contributed by atoms with Gasteiger partial charge >= 0.3 is 12.4 Å². The quantitative estimate of drug-likeness (QED) is 0.237. The van der Waals surface area contributed by atoms with Crippen molar-refractivity contribution in [2.75, 3.05) is 10.6 Å².